The van der Waals surface area contributed by atoms with Crippen LogP contribution < -0.4 is 0 Å². The molecule has 0 aromatic carbocycles. The Morgan fingerprint density at radius 2 is 1.88 bits per heavy atom. The summed E-state index contributed by atoms with van der Waals surface area (Å²) in [4.78, 5) is 19.2. The van der Waals surface area contributed by atoms with Crippen molar-refractivity contribution in [1.82, 2.24) is 20.0 Å². The lowest BCUT2D eigenvalue weighted by Crippen LogP contribution is -2.51. The highest BCUT2D eigenvalue weighted by Crippen LogP contribution is 2.64. The molecule has 1 N–H and O–H groups in total. The van der Waals surface area contributed by atoms with Gasteiger partial charge in [0.1, 0.15) is 17.6 Å². The molecule has 0 radical (unpaired) electrons. The zero-order valence-corrected chi connectivity index (χ0v) is 20.1. The molecule has 4 saturated carbocycles. The largest absolute Gasteiger partial charge is 0.390 e. The normalized spacial score (nSPS) is 42.5. The number of pyridine rings is 1. The van der Waals surface area contributed by atoms with E-state index in [0.717, 1.165) is 54.5 Å². The van der Waals surface area contributed by atoms with Crippen molar-refractivity contribution in [3.05, 3.63) is 18.5 Å². The van der Waals surface area contributed by atoms with E-state index in [9.17, 15) is 9.90 Å². The third-order valence-electron chi connectivity index (χ3n) is 10.7. The minimum absolute atomic E-state index is 0.123. The van der Waals surface area contributed by atoms with Crippen molar-refractivity contribution < 1.29 is 9.90 Å². The fraction of sp³-hybridized carbons (Fsp3) is 0.778. The Labute approximate surface area is 196 Å². The fourth-order valence-corrected chi connectivity index (χ4v) is 8.94. The van der Waals surface area contributed by atoms with Gasteiger partial charge in [-0.05, 0) is 105 Å². The Hall–Kier alpha value is -1.82. The van der Waals surface area contributed by atoms with Crippen LogP contribution >= 0.6 is 0 Å². The van der Waals surface area contributed by atoms with E-state index in [1.807, 2.05) is 6.07 Å². The zero-order valence-electron chi connectivity index (χ0n) is 20.1. The van der Waals surface area contributed by atoms with E-state index in [2.05, 4.69) is 29.0 Å². The van der Waals surface area contributed by atoms with Gasteiger partial charge in [0.25, 0.3) is 0 Å². The second-order valence-electron chi connectivity index (χ2n) is 12.0. The van der Waals surface area contributed by atoms with E-state index in [-0.39, 0.29) is 17.9 Å². The van der Waals surface area contributed by atoms with Crippen LogP contribution in [0.4, 0.5) is 0 Å². The van der Waals surface area contributed by atoms with Crippen LogP contribution in [-0.2, 0) is 11.3 Å². The van der Waals surface area contributed by atoms with E-state index in [4.69, 9.17) is 0 Å². The quantitative estimate of drug-likeness (QED) is 0.723. The predicted octanol–water partition coefficient (Wildman–Crippen LogP) is 4.81. The molecule has 0 amide bonds. The maximum Gasteiger partial charge on any atom is 0.159 e. The lowest BCUT2D eigenvalue weighted by molar-refractivity contribution is -0.133. The second kappa shape index (κ2) is 7.86. The first-order chi connectivity index (χ1) is 15.9. The molecule has 4 fully saturated rings. The van der Waals surface area contributed by atoms with Gasteiger partial charge in [-0.15, -0.1) is 0 Å². The van der Waals surface area contributed by atoms with Gasteiger partial charge in [-0.3, -0.25) is 9.78 Å². The molecule has 6 heteroatoms. The topological polar surface area (TPSA) is 80.9 Å². The van der Waals surface area contributed by atoms with E-state index in [0.29, 0.717) is 17.6 Å². The van der Waals surface area contributed by atoms with E-state index >= 15 is 0 Å². The molecule has 8 atom stereocenters. The number of hydrogen-bond acceptors (Lipinski definition) is 5. The Morgan fingerprint density at radius 1 is 1.06 bits per heavy atom. The van der Waals surface area contributed by atoms with E-state index in [1.165, 1.54) is 38.5 Å². The van der Waals surface area contributed by atoms with Crippen LogP contribution in [0, 0.1) is 40.9 Å². The van der Waals surface area contributed by atoms with Gasteiger partial charge < -0.3 is 5.11 Å². The molecule has 0 aliphatic heterocycles. The summed E-state index contributed by atoms with van der Waals surface area (Å²) in [6.07, 6.45) is 14.8. The average molecular weight is 451 g/mol. The number of aliphatic hydroxyl groups is 1. The van der Waals surface area contributed by atoms with Crippen molar-refractivity contribution in [2.24, 2.45) is 40.9 Å². The molecule has 6 nitrogen and oxygen atoms in total. The van der Waals surface area contributed by atoms with Crippen LogP contribution in [0.15, 0.2) is 18.5 Å². The van der Waals surface area contributed by atoms with Gasteiger partial charge in [-0.25, -0.2) is 0 Å². The van der Waals surface area contributed by atoms with Crippen LogP contribution in [-0.4, -0.2) is 36.5 Å². The first-order valence-electron chi connectivity index (χ1n) is 13.3. The highest BCUT2D eigenvalue weighted by atomic mass is 16.3. The van der Waals surface area contributed by atoms with Crippen molar-refractivity contribution >= 4 is 16.8 Å². The molecular formula is C27H38N4O2. The van der Waals surface area contributed by atoms with Crippen molar-refractivity contribution in [2.45, 2.75) is 90.2 Å². The minimum atomic E-state index is -0.413. The zero-order chi connectivity index (χ0) is 22.8. The number of carbonyl (C=O) groups excluding carboxylic acids is 1. The molecule has 8 unspecified atom stereocenters. The number of nitrogens with zero attached hydrogens (tertiary/aromatic N) is 4. The summed E-state index contributed by atoms with van der Waals surface area (Å²) in [5, 5.41) is 19.9. The van der Waals surface area contributed by atoms with E-state index in [1.54, 1.807) is 17.2 Å². The van der Waals surface area contributed by atoms with Crippen LogP contribution in [0.3, 0.4) is 0 Å². The first kappa shape index (κ1) is 21.7. The number of aromatic nitrogens is 4. The molecular weight excluding hydrogens is 412 g/mol. The van der Waals surface area contributed by atoms with Crippen LogP contribution in [0.2, 0.25) is 0 Å². The van der Waals surface area contributed by atoms with Crippen molar-refractivity contribution in [1.29, 1.82) is 0 Å². The maximum atomic E-state index is 13.5. The minimum Gasteiger partial charge on any atom is -0.390 e. The lowest BCUT2D eigenvalue weighted by Gasteiger charge is -2.57. The number of carbonyl (C=O) groups is 1. The molecule has 0 bridgehead atoms. The highest BCUT2D eigenvalue weighted by Gasteiger charge is 2.58. The summed E-state index contributed by atoms with van der Waals surface area (Å²) < 4.78 is 0. The number of ketones is 1. The Balaban J connectivity index is 1.17. The number of hydrogen-bond donors (Lipinski definition) is 1. The van der Waals surface area contributed by atoms with Gasteiger partial charge >= 0.3 is 0 Å². The molecule has 4 aliphatic rings. The molecule has 2 aromatic heterocycles. The summed E-state index contributed by atoms with van der Waals surface area (Å²) in [5.74, 6) is 4.20. The van der Waals surface area contributed by atoms with Gasteiger partial charge in [-0.2, -0.15) is 15.0 Å². The Morgan fingerprint density at radius 3 is 2.70 bits per heavy atom. The van der Waals surface area contributed by atoms with Crippen LogP contribution in [0.25, 0.3) is 11.0 Å². The fourth-order valence-electron chi connectivity index (χ4n) is 8.94. The summed E-state index contributed by atoms with van der Waals surface area (Å²) in [7, 11) is 0. The summed E-state index contributed by atoms with van der Waals surface area (Å²) in [5.41, 5.74) is 1.26. The first-order valence-corrected chi connectivity index (χ1v) is 13.3. The number of fused-ring (bicyclic) bond motifs is 6. The highest BCUT2D eigenvalue weighted by molar-refractivity contribution is 5.82. The van der Waals surface area contributed by atoms with Gasteiger partial charge in [0.2, 0.25) is 0 Å². The summed E-state index contributed by atoms with van der Waals surface area (Å²) in [6.45, 7) is 4.84. The van der Waals surface area contributed by atoms with Crippen molar-refractivity contribution in [3.8, 4) is 0 Å². The lowest BCUT2D eigenvalue weighted by atomic mass is 9.48. The van der Waals surface area contributed by atoms with Crippen LogP contribution in [0.1, 0.15) is 78.1 Å². The third kappa shape index (κ3) is 3.46. The third-order valence-corrected chi connectivity index (χ3v) is 10.7. The molecule has 33 heavy (non-hydrogen) atoms. The molecule has 0 spiro atoms. The van der Waals surface area contributed by atoms with Gasteiger partial charge in [-0.1, -0.05) is 13.8 Å². The molecule has 0 saturated heterocycles. The van der Waals surface area contributed by atoms with E-state index < -0.39 is 5.60 Å². The Kier molecular flexibility index (Phi) is 5.17. The van der Waals surface area contributed by atoms with Crippen LogP contribution in [0.5, 0.6) is 0 Å². The van der Waals surface area contributed by atoms with Gasteiger partial charge in [0.05, 0.1) is 11.8 Å². The predicted molar refractivity (Wildman–Crippen MR) is 126 cm³/mol. The molecule has 2 heterocycles. The number of rotatable bonds is 4. The standard InChI is InChI=1S/C27H38N4O2/c1-3-27(33)12-9-18-17(14-27)4-5-20-19(18)8-11-26(2)21(20)6-7-22(26)25(32)16-31-29-23-10-13-28-15-24(23)30-31/h10,13,15,17-22,33H,3-9,11-12,14,16H2,1-2H3. The van der Waals surface area contributed by atoms with Gasteiger partial charge in [0.15, 0.2) is 5.78 Å². The second-order valence-corrected chi connectivity index (χ2v) is 12.0. The Bertz CT molecular complexity index is 1020. The van der Waals surface area contributed by atoms with Crippen molar-refractivity contribution in [2.75, 3.05) is 0 Å². The SMILES string of the molecule is CCC1(O)CCC2C(CCC3C2CCC2(C)C(C(=O)Cn4nc5ccncc5n4)CCC32)C1. The molecule has 178 valence electrons. The molecule has 2 aromatic rings. The average Bonchev–Trinajstić information content (AvgIpc) is 3.38. The number of Topliss-reactive ketones (excluding diaryl/α,β-unsaturated/α-hetero) is 1. The monoisotopic (exact) mass is 450 g/mol. The smallest absolute Gasteiger partial charge is 0.159 e. The molecule has 4 aliphatic carbocycles. The summed E-state index contributed by atoms with van der Waals surface area (Å²) in [6, 6.07) is 1.85. The molecule has 6 rings (SSSR count). The maximum absolute atomic E-state index is 13.5. The van der Waals surface area contributed by atoms with Gasteiger partial charge in [0, 0.05) is 12.1 Å². The summed E-state index contributed by atoms with van der Waals surface area (Å²) >= 11 is 0. The van der Waals surface area contributed by atoms with Crippen molar-refractivity contribution in [3.63, 3.8) is 0 Å².